The van der Waals surface area contributed by atoms with Crippen LogP contribution in [0.1, 0.15) is 31.4 Å². The largest absolute Gasteiger partial charge is 0.333 e. The molecule has 0 N–H and O–H groups in total. The number of benzene rings is 2. The maximum atomic E-state index is 12.9. The lowest BCUT2D eigenvalue weighted by Gasteiger charge is -2.26. The summed E-state index contributed by atoms with van der Waals surface area (Å²) in [4.78, 5) is 43.1. The van der Waals surface area contributed by atoms with E-state index in [2.05, 4.69) is 0 Å². The summed E-state index contributed by atoms with van der Waals surface area (Å²) in [5.74, 6) is -0.0933. The number of carbonyl (C=O) groups is 3. The van der Waals surface area contributed by atoms with Crippen LogP contribution in [0, 0.1) is 12.8 Å². The van der Waals surface area contributed by atoms with Gasteiger partial charge in [-0.3, -0.25) is 19.3 Å². The molecule has 0 unspecified atom stereocenters. The minimum Gasteiger partial charge on any atom is -0.333 e. The average Bonchev–Trinajstić information content (AvgIpc) is 3.14. The quantitative estimate of drug-likeness (QED) is 0.657. The van der Waals surface area contributed by atoms with Crippen molar-refractivity contribution >= 4 is 23.4 Å². The van der Waals surface area contributed by atoms with Crippen LogP contribution in [0.2, 0.25) is 0 Å². The standard InChI is InChI=1S/C25H31N3O3/c1-19(2)15-26(23(29)14-11-21-7-5-4-6-8-21)16-24(30)27-17-25(31)28(18-27)22-12-9-20(3)10-13-22/h4-10,12-13,19H,11,14-18H2,1-3H3. The van der Waals surface area contributed by atoms with Gasteiger partial charge in [-0.15, -0.1) is 0 Å². The van der Waals surface area contributed by atoms with Crippen LogP contribution in [-0.4, -0.2) is 53.8 Å². The summed E-state index contributed by atoms with van der Waals surface area (Å²) in [6.45, 7) is 6.82. The van der Waals surface area contributed by atoms with Gasteiger partial charge in [0.05, 0.1) is 6.54 Å². The molecule has 2 aromatic carbocycles. The number of hydrogen-bond donors (Lipinski definition) is 0. The lowest BCUT2D eigenvalue weighted by Crippen LogP contribution is -2.44. The first-order chi connectivity index (χ1) is 14.8. The van der Waals surface area contributed by atoms with Crippen LogP contribution < -0.4 is 4.90 Å². The van der Waals surface area contributed by atoms with Crippen molar-refractivity contribution in [2.24, 2.45) is 5.92 Å². The summed E-state index contributed by atoms with van der Waals surface area (Å²) in [7, 11) is 0. The molecular weight excluding hydrogens is 390 g/mol. The molecule has 1 saturated heterocycles. The molecule has 2 aromatic rings. The van der Waals surface area contributed by atoms with E-state index >= 15 is 0 Å². The number of carbonyl (C=O) groups excluding carboxylic acids is 3. The van der Waals surface area contributed by atoms with Crippen molar-refractivity contribution in [1.29, 1.82) is 0 Å². The van der Waals surface area contributed by atoms with Crippen molar-refractivity contribution < 1.29 is 14.4 Å². The molecule has 3 amide bonds. The van der Waals surface area contributed by atoms with E-state index in [0.29, 0.717) is 19.4 Å². The minimum atomic E-state index is -0.198. The van der Waals surface area contributed by atoms with Gasteiger partial charge in [0.1, 0.15) is 13.2 Å². The molecular formula is C25H31N3O3. The fraction of sp³-hybridized carbons (Fsp3) is 0.400. The van der Waals surface area contributed by atoms with E-state index in [1.54, 1.807) is 9.80 Å². The molecule has 1 fully saturated rings. The molecule has 6 heteroatoms. The summed E-state index contributed by atoms with van der Waals surface area (Å²) in [5, 5.41) is 0. The molecule has 31 heavy (non-hydrogen) atoms. The lowest BCUT2D eigenvalue weighted by molar-refractivity contribution is -0.140. The van der Waals surface area contributed by atoms with Gasteiger partial charge in [-0.05, 0) is 37.0 Å². The molecule has 1 heterocycles. The van der Waals surface area contributed by atoms with Crippen LogP contribution in [0.25, 0.3) is 0 Å². The third-order valence-corrected chi connectivity index (χ3v) is 5.37. The van der Waals surface area contributed by atoms with Crippen LogP contribution >= 0.6 is 0 Å². The number of hydrogen-bond acceptors (Lipinski definition) is 3. The molecule has 0 aliphatic carbocycles. The molecule has 0 saturated carbocycles. The first kappa shape index (κ1) is 22.5. The van der Waals surface area contributed by atoms with Crippen molar-refractivity contribution in [3.8, 4) is 0 Å². The molecule has 0 radical (unpaired) electrons. The number of rotatable bonds is 8. The second-order valence-electron chi connectivity index (χ2n) is 8.54. The van der Waals surface area contributed by atoms with Crippen molar-refractivity contribution in [3.05, 3.63) is 65.7 Å². The SMILES string of the molecule is Cc1ccc(N2CN(C(=O)CN(CC(C)C)C(=O)CCc3ccccc3)CC2=O)cc1. The lowest BCUT2D eigenvalue weighted by atomic mass is 10.1. The molecule has 3 rings (SSSR count). The van der Waals surface area contributed by atoms with Gasteiger partial charge in [-0.1, -0.05) is 61.9 Å². The van der Waals surface area contributed by atoms with Crippen molar-refractivity contribution in [1.82, 2.24) is 9.80 Å². The highest BCUT2D eigenvalue weighted by atomic mass is 16.2. The maximum absolute atomic E-state index is 12.9. The van der Waals surface area contributed by atoms with Crippen LogP contribution in [-0.2, 0) is 20.8 Å². The maximum Gasteiger partial charge on any atom is 0.248 e. The highest BCUT2D eigenvalue weighted by molar-refractivity contribution is 6.00. The molecule has 1 aliphatic rings. The molecule has 0 bridgehead atoms. The van der Waals surface area contributed by atoms with Gasteiger partial charge in [-0.2, -0.15) is 0 Å². The first-order valence-corrected chi connectivity index (χ1v) is 10.8. The zero-order valence-corrected chi connectivity index (χ0v) is 18.6. The fourth-order valence-electron chi connectivity index (χ4n) is 3.68. The average molecular weight is 422 g/mol. The van der Waals surface area contributed by atoms with Crippen molar-refractivity contribution in [2.45, 2.75) is 33.6 Å². The van der Waals surface area contributed by atoms with E-state index < -0.39 is 0 Å². The Morgan fingerprint density at radius 3 is 2.35 bits per heavy atom. The fourth-order valence-corrected chi connectivity index (χ4v) is 3.68. The highest BCUT2D eigenvalue weighted by Gasteiger charge is 2.33. The smallest absolute Gasteiger partial charge is 0.248 e. The number of amides is 3. The highest BCUT2D eigenvalue weighted by Crippen LogP contribution is 2.20. The van der Waals surface area contributed by atoms with Gasteiger partial charge < -0.3 is 9.80 Å². The first-order valence-electron chi connectivity index (χ1n) is 10.8. The predicted octanol–water partition coefficient (Wildman–Crippen LogP) is 3.25. The molecule has 0 atom stereocenters. The Hall–Kier alpha value is -3.15. The monoisotopic (exact) mass is 421 g/mol. The Labute approximate surface area is 184 Å². The third-order valence-electron chi connectivity index (χ3n) is 5.37. The van der Waals surface area contributed by atoms with E-state index in [-0.39, 0.29) is 43.4 Å². The van der Waals surface area contributed by atoms with Crippen molar-refractivity contribution in [3.63, 3.8) is 0 Å². The minimum absolute atomic E-state index is 0.000814. The number of aryl methyl sites for hydroxylation is 2. The van der Waals surface area contributed by atoms with E-state index in [1.807, 2.05) is 75.4 Å². The zero-order valence-electron chi connectivity index (χ0n) is 18.6. The Balaban J connectivity index is 1.61. The van der Waals surface area contributed by atoms with Gasteiger partial charge in [-0.25, -0.2) is 0 Å². The second-order valence-corrected chi connectivity index (χ2v) is 8.54. The van der Waals surface area contributed by atoms with Crippen molar-refractivity contribution in [2.75, 3.05) is 31.2 Å². The van der Waals surface area contributed by atoms with Crippen LogP contribution in [0.5, 0.6) is 0 Å². The normalized spacial score (nSPS) is 13.7. The van der Waals surface area contributed by atoms with Crippen LogP contribution in [0.15, 0.2) is 54.6 Å². The summed E-state index contributed by atoms with van der Waals surface area (Å²) >= 11 is 0. The van der Waals surface area contributed by atoms with E-state index in [4.69, 9.17) is 0 Å². The van der Waals surface area contributed by atoms with E-state index in [0.717, 1.165) is 16.8 Å². The molecule has 6 nitrogen and oxygen atoms in total. The number of nitrogens with zero attached hydrogens (tertiary/aromatic N) is 3. The Morgan fingerprint density at radius 1 is 1.03 bits per heavy atom. The Morgan fingerprint density at radius 2 is 1.71 bits per heavy atom. The summed E-state index contributed by atoms with van der Waals surface area (Å²) in [5.41, 5.74) is 3.00. The molecule has 164 valence electrons. The predicted molar refractivity (Wildman–Crippen MR) is 121 cm³/mol. The number of anilines is 1. The topological polar surface area (TPSA) is 60.9 Å². The summed E-state index contributed by atoms with van der Waals surface area (Å²) in [6.07, 6.45) is 1.00. The zero-order chi connectivity index (χ0) is 22.4. The van der Waals surface area contributed by atoms with Gasteiger partial charge in [0.15, 0.2) is 0 Å². The van der Waals surface area contributed by atoms with Gasteiger partial charge in [0, 0.05) is 18.7 Å². The Bertz CT molecular complexity index is 909. The second kappa shape index (κ2) is 10.2. The van der Waals surface area contributed by atoms with Crippen LogP contribution in [0.4, 0.5) is 5.69 Å². The van der Waals surface area contributed by atoms with Gasteiger partial charge in [0.25, 0.3) is 0 Å². The third kappa shape index (κ3) is 6.17. The van der Waals surface area contributed by atoms with E-state index in [1.165, 1.54) is 4.90 Å². The van der Waals surface area contributed by atoms with E-state index in [9.17, 15) is 14.4 Å². The molecule has 0 spiro atoms. The molecule has 0 aromatic heterocycles. The summed E-state index contributed by atoms with van der Waals surface area (Å²) in [6, 6.07) is 17.5. The van der Waals surface area contributed by atoms with Crippen LogP contribution in [0.3, 0.4) is 0 Å². The molecule has 1 aliphatic heterocycles. The Kier molecular flexibility index (Phi) is 7.45. The van der Waals surface area contributed by atoms with Gasteiger partial charge >= 0.3 is 0 Å². The summed E-state index contributed by atoms with van der Waals surface area (Å²) < 4.78 is 0. The van der Waals surface area contributed by atoms with Gasteiger partial charge in [0.2, 0.25) is 17.7 Å².